The minimum Gasteiger partial charge on any atom is -0.352 e. The summed E-state index contributed by atoms with van der Waals surface area (Å²) >= 11 is 5.84. The summed E-state index contributed by atoms with van der Waals surface area (Å²) in [5, 5.41) is 0.412. The molecule has 0 bridgehead atoms. The minimum absolute atomic E-state index is 0.226. The Morgan fingerprint density at radius 3 is 2.53 bits per heavy atom. The molecule has 1 aromatic carbocycles. The predicted octanol–water partition coefficient (Wildman–Crippen LogP) is 3.33. The zero-order valence-electron chi connectivity index (χ0n) is 9.84. The summed E-state index contributed by atoms with van der Waals surface area (Å²) in [6, 6.07) is 10.5. The molecule has 3 nitrogen and oxygen atoms in total. The van der Waals surface area contributed by atoms with E-state index in [4.69, 9.17) is 11.6 Å². The highest BCUT2D eigenvalue weighted by Crippen LogP contribution is 2.23. The molecular formula is C13H14ClN3. The first-order chi connectivity index (χ1) is 8.18. The predicted molar refractivity (Wildman–Crippen MR) is 70.3 cm³/mol. The van der Waals surface area contributed by atoms with Crippen molar-refractivity contribution in [1.82, 2.24) is 9.97 Å². The number of rotatable bonds is 3. The lowest BCUT2D eigenvalue weighted by atomic mass is 10.1. The van der Waals surface area contributed by atoms with Gasteiger partial charge < -0.3 is 4.90 Å². The molecular weight excluding hydrogens is 234 g/mol. The minimum atomic E-state index is 0.226. The van der Waals surface area contributed by atoms with Gasteiger partial charge >= 0.3 is 0 Å². The number of anilines is 1. The van der Waals surface area contributed by atoms with Crippen LogP contribution in [0.2, 0.25) is 5.15 Å². The smallest absolute Gasteiger partial charge is 0.149 e. The molecule has 1 heterocycles. The van der Waals surface area contributed by atoms with Crippen molar-refractivity contribution in [2.45, 2.75) is 13.0 Å². The average Bonchev–Trinajstić information content (AvgIpc) is 2.38. The van der Waals surface area contributed by atoms with Crippen molar-refractivity contribution in [3.8, 4) is 0 Å². The lowest BCUT2D eigenvalue weighted by Crippen LogP contribution is -2.22. The summed E-state index contributed by atoms with van der Waals surface area (Å²) in [4.78, 5) is 10.3. The van der Waals surface area contributed by atoms with Crippen LogP contribution in [0.3, 0.4) is 0 Å². The molecule has 17 heavy (non-hydrogen) atoms. The first-order valence-electron chi connectivity index (χ1n) is 5.44. The summed E-state index contributed by atoms with van der Waals surface area (Å²) in [6.45, 7) is 2.12. The maximum Gasteiger partial charge on any atom is 0.149 e. The molecule has 0 aliphatic carbocycles. The Bertz CT molecular complexity index is 487. The monoisotopic (exact) mass is 247 g/mol. The molecule has 0 amide bonds. The highest BCUT2D eigenvalue weighted by Gasteiger charge is 2.13. The zero-order chi connectivity index (χ0) is 12.3. The second-order valence-electron chi connectivity index (χ2n) is 3.90. The highest BCUT2D eigenvalue weighted by molar-refractivity contribution is 6.29. The second kappa shape index (κ2) is 5.15. The first kappa shape index (κ1) is 11.9. The fourth-order valence-electron chi connectivity index (χ4n) is 1.66. The van der Waals surface area contributed by atoms with Gasteiger partial charge in [-0.1, -0.05) is 41.9 Å². The molecule has 4 heteroatoms. The summed E-state index contributed by atoms with van der Waals surface area (Å²) in [7, 11) is 1.98. The fourth-order valence-corrected chi connectivity index (χ4v) is 1.80. The van der Waals surface area contributed by atoms with Crippen LogP contribution >= 0.6 is 11.6 Å². The Morgan fingerprint density at radius 1 is 1.18 bits per heavy atom. The molecule has 0 spiro atoms. The average molecular weight is 248 g/mol. The van der Waals surface area contributed by atoms with Crippen LogP contribution < -0.4 is 4.90 Å². The van der Waals surface area contributed by atoms with Crippen LogP contribution in [0.15, 0.2) is 42.7 Å². The van der Waals surface area contributed by atoms with E-state index in [1.807, 2.05) is 30.1 Å². The largest absolute Gasteiger partial charge is 0.352 e. The van der Waals surface area contributed by atoms with Crippen molar-refractivity contribution in [3.63, 3.8) is 0 Å². The highest BCUT2D eigenvalue weighted by atomic mass is 35.5. The molecule has 0 radical (unpaired) electrons. The SMILES string of the molecule is C[C@@H](c1ccccc1)N(C)c1cncc(Cl)n1. The van der Waals surface area contributed by atoms with Gasteiger partial charge in [0.05, 0.1) is 18.4 Å². The molecule has 0 N–H and O–H groups in total. The maximum absolute atomic E-state index is 5.84. The number of hydrogen-bond donors (Lipinski definition) is 0. The van der Waals surface area contributed by atoms with Crippen LogP contribution in [0.4, 0.5) is 5.82 Å². The van der Waals surface area contributed by atoms with E-state index >= 15 is 0 Å². The Hall–Kier alpha value is -1.61. The Balaban J connectivity index is 2.23. The lowest BCUT2D eigenvalue weighted by Gasteiger charge is -2.26. The molecule has 0 saturated heterocycles. The normalized spacial score (nSPS) is 12.2. The second-order valence-corrected chi connectivity index (χ2v) is 4.28. The van der Waals surface area contributed by atoms with Gasteiger partial charge in [0.1, 0.15) is 11.0 Å². The van der Waals surface area contributed by atoms with E-state index in [-0.39, 0.29) is 6.04 Å². The van der Waals surface area contributed by atoms with Gasteiger partial charge in [-0.05, 0) is 12.5 Å². The van der Waals surface area contributed by atoms with Crippen LogP contribution in [0, 0.1) is 0 Å². The standard InChI is InChI=1S/C13H14ClN3/c1-10(11-6-4-3-5-7-11)17(2)13-9-15-8-12(14)16-13/h3-10H,1-2H3/t10-/m0/s1. The summed E-state index contributed by atoms with van der Waals surface area (Å²) in [5.41, 5.74) is 1.23. The van der Waals surface area contributed by atoms with E-state index in [0.717, 1.165) is 5.82 Å². The van der Waals surface area contributed by atoms with Gasteiger partial charge in [-0.3, -0.25) is 4.98 Å². The van der Waals surface area contributed by atoms with Crippen molar-refractivity contribution in [1.29, 1.82) is 0 Å². The van der Waals surface area contributed by atoms with E-state index in [9.17, 15) is 0 Å². The Labute approximate surface area is 106 Å². The van der Waals surface area contributed by atoms with Gasteiger partial charge in [0.25, 0.3) is 0 Å². The number of aromatic nitrogens is 2. The molecule has 88 valence electrons. The third-order valence-corrected chi connectivity index (χ3v) is 3.00. The van der Waals surface area contributed by atoms with Gasteiger partial charge in [0, 0.05) is 7.05 Å². The molecule has 2 rings (SSSR count). The topological polar surface area (TPSA) is 29.0 Å². The first-order valence-corrected chi connectivity index (χ1v) is 5.81. The van der Waals surface area contributed by atoms with Crippen LogP contribution in [-0.2, 0) is 0 Å². The molecule has 0 saturated carbocycles. The lowest BCUT2D eigenvalue weighted by molar-refractivity contribution is 0.726. The Morgan fingerprint density at radius 2 is 1.88 bits per heavy atom. The van der Waals surface area contributed by atoms with E-state index in [2.05, 4.69) is 29.0 Å². The third kappa shape index (κ3) is 2.74. The summed E-state index contributed by atoms with van der Waals surface area (Å²) < 4.78 is 0. The van der Waals surface area contributed by atoms with Crippen molar-refractivity contribution in [2.75, 3.05) is 11.9 Å². The molecule has 0 fully saturated rings. The van der Waals surface area contributed by atoms with Gasteiger partial charge in [0.15, 0.2) is 0 Å². The van der Waals surface area contributed by atoms with Gasteiger partial charge in [-0.25, -0.2) is 4.98 Å². The molecule has 0 unspecified atom stereocenters. The number of hydrogen-bond acceptors (Lipinski definition) is 3. The van der Waals surface area contributed by atoms with Crippen LogP contribution in [0.25, 0.3) is 0 Å². The van der Waals surface area contributed by atoms with E-state index < -0.39 is 0 Å². The van der Waals surface area contributed by atoms with Crippen LogP contribution in [0.5, 0.6) is 0 Å². The van der Waals surface area contributed by atoms with Crippen molar-refractivity contribution in [3.05, 3.63) is 53.4 Å². The number of nitrogens with zero attached hydrogens (tertiary/aromatic N) is 3. The molecule has 2 aromatic rings. The molecule has 1 aromatic heterocycles. The van der Waals surface area contributed by atoms with E-state index in [0.29, 0.717) is 5.15 Å². The van der Waals surface area contributed by atoms with Gasteiger partial charge in [-0.15, -0.1) is 0 Å². The van der Waals surface area contributed by atoms with Crippen molar-refractivity contribution >= 4 is 17.4 Å². The van der Waals surface area contributed by atoms with E-state index in [1.54, 1.807) is 6.20 Å². The van der Waals surface area contributed by atoms with Gasteiger partial charge in [0.2, 0.25) is 0 Å². The van der Waals surface area contributed by atoms with Crippen LogP contribution in [0.1, 0.15) is 18.5 Å². The van der Waals surface area contributed by atoms with Gasteiger partial charge in [-0.2, -0.15) is 0 Å². The summed E-state index contributed by atoms with van der Waals surface area (Å²) in [5.74, 6) is 0.772. The quantitative estimate of drug-likeness (QED) is 0.833. The maximum atomic E-state index is 5.84. The molecule has 0 aliphatic heterocycles. The molecule has 0 aliphatic rings. The number of benzene rings is 1. The van der Waals surface area contributed by atoms with Crippen molar-refractivity contribution < 1.29 is 0 Å². The fraction of sp³-hybridized carbons (Fsp3) is 0.231. The van der Waals surface area contributed by atoms with E-state index in [1.165, 1.54) is 11.8 Å². The summed E-state index contributed by atoms with van der Waals surface area (Å²) in [6.07, 6.45) is 3.25. The zero-order valence-corrected chi connectivity index (χ0v) is 10.6. The third-order valence-electron chi connectivity index (χ3n) is 2.82. The van der Waals surface area contributed by atoms with Crippen molar-refractivity contribution in [2.24, 2.45) is 0 Å². The van der Waals surface area contributed by atoms with Crippen LogP contribution in [-0.4, -0.2) is 17.0 Å². The Kier molecular flexibility index (Phi) is 3.59. The number of halogens is 1. The molecule has 1 atom stereocenters.